The Hall–Kier alpha value is -3.19. The minimum Gasteiger partial charge on any atom is -0.477 e. The van der Waals surface area contributed by atoms with E-state index in [1.165, 1.54) is 11.3 Å². The molecule has 3 rings (SSSR count). The van der Waals surface area contributed by atoms with Crippen molar-refractivity contribution >= 4 is 44.6 Å². The predicted molar refractivity (Wildman–Crippen MR) is 108 cm³/mol. The van der Waals surface area contributed by atoms with Crippen LogP contribution in [-0.2, 0) is 0 Å². The molecule has 0 fully saturated rings. The van der Waals surface area contributed by atoms with Crippen LogP contribution in [0.2, 0.25) is 0 Å². The van der Waals surface area contributed by atoms with Crippen molar-refractivity contribution in [3.8, 4) is 0 Å². The number of thiophene rings is 1. The summed E-state index contributed by atoms with van der Waals surface area (Å²) in [5.41, 5.74) is 2.46. The first-order chi connectivity index (χ1) is 12.9. The quantitative estimate of drug-likeness (QED) is 0.487. The van der Waals surface area contributed by atoms with Gasteiger partial charge in [-0.15, -0.1) is 11.3 Å². The van der Waals surface area contributed by atoms with Gasteiger partial charge in [-0.3, -0.25) is 9.78 Å². The standard InChI is InChI=1S/C20H19N3O3S/c1-12(11-23(2)3)18(24)13-4-6-14(7-5-13)22-17-15-8-9-21-10-16(15)27-19(17)20(25)26/h4-11,22H,1-3H3,(H,25,26)/b12-11+. The third-order valence-electron chi connectivity index (χ3n) is 3.91. The molecule has 0 aliphatic rings. The Morgan fingerprint density at radius 2 is 1.89 bits per heavy atom. The molecule has 0 bridgehead atoms. The largest absolute Gasteiger partial charge is 0.477 e. The van der Waals surface area contributed by atoms with E-state index in [9.17, 15) is 14.7 Å². The maximum atomic E-state index is 12.4. The molecule has 1 aromatic carbocycles. The van der Waals surface area contributed by atoms with E-state index >= 15 is 0 Å². The summed E-state index contributed by atoms with van der Waals surface area (Å²) in [6.45, 7) is 1.78. The van der Waals surface area contributed by atoms with Crippen LogP contribution >= 0.6 is 11.3 Å². The lowest BCUT2D eigenvalue weighted by molar-refractivity contribution is 0.0703. The summed E-state index contributed by atoms with van der Waals surface area (Å²) >= 11 is 1.18. The third kappa shape index (κ3) is 3.98. The highest BCUT2D eigenvalue weighted by molar-refractivity contribution is 7.21. The van der Waals surface area contributed by atoms with Gasteiger partial charge in [0.1, 0.15) is 4.88 Å². The van der Waals surface area contributed by atoms with E-state index in [2.05, 4.69) is 10.3 Å². The first-order valence-electron chi connectivity index (χ1n) is 8.23. The average molecular weight is 381 g/mol. The number of carbonyl (C=O) groups is 2. The number of ketones is 1. The smallest absolute Gasteiger partial charge is 0.348 e. The Kier molecular flexibility index (Phi) is 5.23. The zero-order chi connectivity index (χ0) is 19.6. The van der Waals surface area contributed by atoms with Gasteiger partial charge in [0, 0.05) is 54.9 Å². The molecular formula is C20H19N3O3S. The Balaban J connectivity index is 1.90. The number of benzene rings is 1. The van der Waals surface area contributed by atoms with E-state index in [0.717, 1.165) is 10.1 Å². The van der Waals surface area contributed by atoms with Crippen molar-refractivity contribution in [2.45, 2.75) is 6.92 Å². The number of aromatic carboxylic acids is 1. The number of rotatable bonds is 6. The Morgan fingerprint density at radius 3 is 2.52 bits per heavy atom. The summed E-state index contributed by atoms with van der Waals surface area (Å²) < 4.78 is 0.800. The van der Waals surface area contributed by atoms with E-state index in [0.29, 0.717) is 22.5 Å². The van der Waals surface area contributed by atoms with Crippen LogP contribution in [-0.4, -0.2) is 40.8 Å². The minimum atomic E-state index is -0.991. The van der Waals surface area contributed by atoms with Crippen LogP contribution in [0.3, 0.4) is 0 Å². The maximum absolute atomic E-state index is 12.4. The van der Waals surface area contributed by atoms with Crippen molar-refractivity contribution in [1.82, 2.24) is 9.88 Å². The molecule has 2 N–H and O–H groups in total. The first-order valence-corrected chi connectivity index (χ1v) is 9.05. The molecule has 0 spiro atoms. The number of carboxylic acids is 1. The zero-order valence-corrected chi connectivity index (χ0v) is 16.0. The van der Waals surface area contributed by atoms with Crippen LogP contribution in [0.4, 0.5) is 11.4 Å². The lowest BCUT2D eigenvalue weighted by Crippen LogP contribution is -2.08. The van der Waals surface area contributed by atoms with Gasteiger partial charge in [0.15, 0.2) is 5.78 Å². The summed E-state index contributed by atoms with van der Waals surface area (Å²) in [7, 11) is 3.73. The number of aromatic nitrogens is 1. The number of carboxylic acid groups (broad SMARTS) is 1. The molecule has 138 valence electrons. The van der Waals surface area contributed by atoms with Crippen LogP contribution in [0.1, 0.15) is 27.0 Å². The fourth-order valence-electron chi connectivity index (χ4n) is 2.75. The highest BCUT2D eigenvalue weighted by Gasteiger charge is 2.18. The fourth-order valence-corrected chi connectivity index (χ4v) is 3.71. The van der Waals surface area contributed by atoms with Crippen LogP contribution in [0.25, 0.3) is 10.1 Å². The Labute approximate surface area is 160 Å². The minimum absolute atomic E-state index is 0.0477. The second kappa shape index (κ2) is 7.59. The molecule has 0 aliphatic carbocycles. The molecule has 0 saturated heterocycles. The number of hydrogen-bond acceptors (Lipinski definition) is 6. The van der Waals surface area contributed by atoms with Crippen molar-refractivity contribution in [3.05, 3.63) is 64.9 Å². The van der Waals surface area contributed by atoms with Gasteiger partial charge in [-0.25, -0.2) is 4.79 Å². The van der Waals surface area contributed by atoms with Crippen molar-refractivity contribution in [2.75, 3.05) is 19.4 Å². The van der Waals surface area contributed by atoms with Gasteiger partial charge in [-0.1, -0.05) is 0 Å². The van der Waals surface area contributed by atoms with E-state index in [1.807, 2.05) is 19.0 Å². The molecule has 0 atom stereocenters. The fraction of sp³-hybridized carbons (Fsp3) is 0.150. The van der Waals surface area contributed by atoms with Crippen molar-refractivity contribution < 1.29 is 14.7 Å². The SMILES string of the molecule is C/C(=C\N(C)C)C(=O)c1ccc(Nc2c(C(=O)O)sc3cnccc23)cc1. The molecule has 27 heavy (non-hydrogen) atoms. The molecule has 0 aliphatic heterocycles. The molecule has 0 saturated carbocycles. The summed E-state index contributed by atoms with van der Waals surface area (Å²) in [5.74, 6) is -1.04. The summed E-state index contributed by atoms with van der Waals surface area (Å²) in [4.78, 5) is 30.1. The van der Waals surface area contributed by atoms with Gasteiger partial charge >= 0.3 is 5.97 Å². The number of hydrogen-bond donors (Lipinski definition) is 2. The topological polar surface area (TPSA) is 82.5 Å². The van der Waals surface area contributed by atoms with Gasteiger partial charge in [-0.05, 0) is 37.3 Å². The summed E-state index contributed by atoms with van der Waals surface area (Å²) in [5, 5.41) is 13.5. The predicted octanol–water partition coefficient (Wildman–Crippen LogP) is 4.39. The van der Waals surface area contributed by atoms with Crippen molar-refractivity contribution in [2.24, 2.45) is 0 Å². The molecule has 7 heteroatoms. The van der Waals surface area contributed by atoms with Crippen molar-refractivity contribution in [3.63, 3.8) is 0 Å². The van der Waals surface area contributed by atoms with E-state index in [1.54, 1.807) is 55.8 Å². The number of fused-ring (bicyclic) bond motifs is 1. The Morgan fingerprint density at radius 1 is 1.19 bits per heavy atom. The van der Waals surface area contributed by atoms with Gasteiger partial charge < -0.3 is 15.3 Å². The highest BCUT2D eigenvalue weighted by atomic mass is 32.1. The zero-order valence-electron chi connectivity index (χ0n) is 15.2. The lowest BCUT2D eigenvalue weighted by Gasteiger charge is -2.10. The van der Waals surface area contributed by atoms with Gasteiger partial charge in [0.2, 0.25) is 0 Å². The van der Waals surface area contributed by atoms with Gasteiger partial charge in [0.05, 0.1) is 10.4 Å². The van der Waals surface area contributed by atoms with Crippen LogP contribution in [0, 0.1) is 0 Å². The van der Waals surface area contributed by atoms with Crippen LogP contribution in [0.5, 0.6) is 0 Å². The third-order valence-corrected chi connectivity index (χ3v) is 5.04. The molecular weight excluding hydrogens is 362 g/mol. The average Bonchev–Trinajstić information content (AvgIpc) is 3.00. The maximum Gasteiger partial charge on any atom is 0.348 e. The lowest BCUT2D eigenvalue weighted by atomic mass is 10.0. The number of carbonyl (C=O) groups excluding carboxylic acids is 1. The number of pyridine rings is 1. The number of allylic oxidation sites excluding steroid dienone is 1. The molecule has 0 unspecified atom stereocenters. The number of nitrogens with one attached hydrogen (secondary N) is 1. The van der Waals surface area contributed by atoms with E-state index in [4.69, 9.17) is 0 Å². The first kappa shape index (κ1) is 18.6. The summed E-state index contributed by atoms with van der Waals surface area (Å²) in [6.07, 6.45) is 5.06. The van der Waals surface area contributed by atoms with Crippen LogP contribution in [0.15, 0.2) is 54.5 Å². The molecule has 6 nitrogen and oxygen atoms in total. The highest BCUT2D eigenvalue weighted by Crippen LogP contribution is 2.37. The second-order valence-electron chi connectivity index (χ2n) is 6.29. The molecule has 0 radical (unpaired) electrons. The molecule has 3 aromatic rings. The van der Waals surface area contributed by atoms with Gasteiger partial charge in [0.25, 0.3) is 0 Å². The van der Waals surface area contributed by atoms with E-state index in [-0.39, 0.29) is 10.7 Å². The molecule has 2 aromatic heterocycles. The van der Waals surface area contributed by atoms with E-state index < -0.39 is 5.97 Å². The second-order valence-corrected chi connectivity index (χ2v) is 7.34. The number of anilines is 2. The number of nitrogens with zero attached hydrogens (tertiary/aromatic N) is 2. The number of Topliss-reactive ketones (excluding diaryl/α,β-unsaturated/α-hetero) is 1. The monoisotopic (exact) mass is 381 g/mol. The normalized spacial score (nSPS) is 11.4. The Bertz CT molecular complexity index is 1040. The molecule has 2 heterocycles. The molecule has 0 amide bonds. The van der Waals surface area contributed by atoms with Gasteiger partial charge in [-0.2, -0.15) is 0 Å². The van der Waals surface area contributed by atoms with Crippen LogP contribution < -0.4 is 5.32 Å². The van der Waals surface area contributed by atoms with Crippen molar-refractivity contribution in [1.29, 1.82) is 0 Å². The summed E-state index contributed by atoms with van der Waals surface area (Å²) in [6, 6.07) is 8.79.